The summed E-state index contributed by atoms with van der Waals surface area (Å²) < 4.78 is 46.2. The Morgan fingerprint density at radius 1 is 1.12 bits per heavy atom. The largest absolute Gasteiger partial charge is 0.416 e. The van der Waals surface area contributed by atoms with Crippen molar-refractivity contribution in [3.8, 4) is 11.3 Å². The Balaban J connectivity index is 1.23. The van der Waals surface area contributed by atoms with Gasteiger partial charge in [-0.1, -0.05) is 12.1 Å². The second-order valence-electron chi connectivity index (χ2n) is 11.1. The lowest BCUT2D eigenvalue weighted by atomic mass is 9.87. The second-order valence-corrected chi connectivity index (χ2v) is 11.1. The number of rotatable bonds is 6. The van der Waals surface area contributed by atoms with Gasteiger partial charge in [0, 0.05) is 48.8 Å². The van der Waals surface area contributed by atoms with Crippen molar-refractivity contribution in [2.45, 2.75) is 32.0 Å². The van der Waals surface area contributed by atoms with Crippen LogP contribution in [0.5, 0.6) is 0 Å². The predicted molar refractivity (Wildman–Crippen MR) is 152 cm³/mol. The SMILES string of the molecule is CC1(C(=O)N[C@H]2CCCN(c3nc(-c4ccc(C(=O)Nc5cc(C(F)(F)F)ccn5)cc4)c4c(N)nccn34)C2)COC1. The van der Waals surface area contributed by atoms with E-state index in [1.165, 1.54) is 0 Å². The smallest absolute Gasteiger partial charge is 0.382 e. The fourth-order valence-corrected chi connectivity index (χ4v) is 5.29. The molecular formula is C29H29F3N8O3. The molecule has 2 amide bonds. The van der Waals surface area contributed by atoms with Gasteiger partial charge in [0.1, 0.15) is 22.8 Å². The van der Waals surface area contributed by atoms with Crippen molar-refractivity contribution < 1.29 is 27.5 Å². The number of nitrogen functional groups attached to an aromatic ring is 1. The number of fused-ring (bicyclic) bond motifs is 1. The topological polar surface area (TPSA) is 140 Å². The number of alkyl halides is 3. The van der Waals surface area contributed by atoms with Crippen LogP contribution in [0.4, 0.5) is 30.8 Å². The third-order valence-corrected chi connectivity index (χ3v) is 7.74. The van der Waals surface area contributed by atoms with E-state index in [9.17, 15) is 22.8 Å². The Hall–Kier alpha value is -4.72. The third-order valence-electron chi connectivity index (χ3n) is 7.74. The van der Waals surface area contributed by atoms with E-state index in [-0.39, 0.29) is 29.1 Å². The number of nitrogens with two attached hydrogens (primary N) is 1. The van der Waals surface area contributed by atoms with Gasteiger partial charge in [0.15, 0.2) is 0 Å². The van der Waals surface area contributed by atoms with E-state index in [1.54, 1.807) is 36.7 Å². The molecule has 5 heterocycles. The summed E-state index contributed by atoms with van der Waals surface area (Å²) in [6, 6.07) is 8.03. The molecule has 6 rings (SSSR count). The fraction of sp³-hybridized carbons (Fsp3) is 0.345. The van der Waals surface area contributed by atoms with Crippen molar-refractivity contribution >= 4 is 34.9 Å². The number of amides is 2. The van der Waals surface area contributed by atoms with E-state index in [4.69, 9.17) is 15.5 Å². The van der Waals surface area contributed by atoms with Crippen LogP contribution in [-0.2, 0) is 15.7 Å². The molecule has 14 heteroatoms. The number of pyridine rings is 1. The van der Waals surface area contributed by atoms with Gasteiger partial charge in [0.05, 0.1) is 24.2 Å². The molecule has 4 aromatic rings. The zero-order valence-corrected chi connectivity index (χ0v) is 23.2. The number of carbonyl (C=O) groups excluding carboxylic acids is 2. The van der Waals surface area contributed by atoms with E-state index in [2.05, 4.69) is 25.5 Å². The molecule has 0 bridgehead atoms. The number of hydrogen-bond acceptors (Lipinski definition) is 8. The highest BCUT2D eigenvalue weighted by Gasteiger charge is 2.42. The van der Waals surface area contributed by atoms with Gasteiger partial charge in [-0.15, -0.1) is 0 Å². The normalized spacial score (nSPS) is 18.2. The maximum atomic E-state index is 13.0. The van der Waals surface area contributed by atoms with Crippen LogP contribution in [-0.4, -0.2) is 63.5 Å². The van der Waals surface area contributed by atoms with Crippen molar-refractivity contribution in [1.29, 1.82) is 0 Å². The van der Waals surface area contributed by atoms with Crippen molar-refractivity contribution in [3.05, 3.63) is 66.1 Å². The number of nitrogens with zero attached hydrogens (tertiary/aromatic N) is 5. The van der Waals surface area contributed by atoms with Crippen LogP contribution in [0.3, 0.4) is 0 Å². The molecule has 2 aliphatic rings. The number of carbonyl (C=O) groups is 2. The van der Waals surface area contributed by atoms with Gasteiger partial charge in [-0.2, -0.15) is 13.2 Å². The maximum Gasteiger partial charge on any atom is 0.416 e. The summed E-state index contributed by atoms with van der Waals surface area (Å²) in [4.78, 5) is 40.7. The number of aromatic nitrogens is 4. The van der Waals surface area contributed by atoms with Gasteiger partial charge in [0.25, 0.3) is 5.91 Å². The summed E-state index contributed by atoms with van der Waals surface area (Å²) in [5, 5.41) is 5.58. The standard InChI is InChI=1S/C29H29F3N8O3/c1-28(15-43-16-28)26(42)36-20-3-2-11-39(14-20)27-38-22(23-24(33)35-10-12-40(23)27)17-4-6-18(7-5-17)25(41)37-21-13-19(8-9-34-21)29(30,31)32/h4-10,12-13,20H,2-3,11,14-16H2,1H3,(H2,33,35)(H,36,42)(H,34,37,41)/t20-/m0/s1. The van der Waals surface area contributed by atoms with Crippen molar-refractivity contribution in [2.75, 3.05) is 42.3 Å². The van der Waals surface area contributed by atoms with Crippen LogP contribution in [0, 0.1) is 5.41 Å². The van der Waals surface area contributed by atoms with Crippen LogP contribution in [0.15, 0.2) is 55.0 Å². The number of hydrogen-bond donors (Lipinski definition) is 3. The van der Waals surface area contributed by atoms with Crippen molar-refractivity contribution in [1.82, 2.24) is 24.7 Å². The molecule has 0 spiro atoms. The van der Waals surface area contributed by atoms with Crippen LogP contribution in [0.25, 0.3) is 16.8 Å². The molecule has 4 N–H and O–H groups in total. The minimum atomic E-state index is -4.56. The number of imidazole rings is 1. The monoisotopic (exact) mass is 594 g/mol. The average molecular weight is 595 g/mol. The molecule has 0 saturated carbocycles. The molecule has 1 aromatic carbocycles. The summed E-state index contributed by atoms with van der Waals surface area (Å²) >= 11 is 0. The minimum Gasteiger partial charge on any atom is -0.382 e. The zero-order valence-electron chi connectivity index (χ0n) is 23.2. The summed E-state index contributed by atoms with van der Waals surface area (Å²) in [6.45, 7) is 4.02. The zero-order chi connectivity index (χ0) is 30.4. The molecule has 11 nitrogen and oxygen atoms in total. The van der Waals surface area contributed by atoms with Crippen molar-refractivity contribution in [3.63, 3.8) is 0 Å². The highest BCUT2D eigenvalue weighted by Crippen LogP contribution is 2.34. The Labute approximate surface area is 244 Å². The number of halogens is 3. The fourth-order valence-electron chi connectivity index (χ4n) is 5.29. The molecule has 2 aliphatic heterocycles. The molecule has 0 unspecified atom stereocenters. The number of anilines is 3. The Kier molecular flexibility index (Phi) is 7.16. The summed E-state index contributed by atoms with van der Waals surface area (Å²) in [6.07, 6.45) is 1.50. The van der Waals surface area contributed by atoms with Crippen LogP contribution in [0.1, 0.15) is 35.7 Å². The molecule has 0 radical (unpaired) electrons. The van der Waals surface area contributed by atoms with E-state index in [1.807, 2.05) is 11.3 Å². The van der Waals surface area contributed by atoms with Gasteiger partial charge < -0.3 is 26.0 Å². The molecule has 224 valence electrons. The minimum absolute atomic E-state index is 0.0133. The van der Waals surface area contributed by atoms with Gasteiger partial charge in [-0.25, -0.2) is 15.0 Å². The molecule has 3 aromatic heterocycles. The van der Waals surface area contributed by atoms with Crippen molar-refractivity contribution in [2.24, 2.45) is 5.41 Å². The quantitative estimate of drug-likeness (QED) is 0.307. The van der Waals surface area contributed by atoms with E-state index >= 15 is 0 Å². The first kappa shape index (κ1) is 28.4. The van der Waals surface area contributed by atoms with Gasteiger partial charge in [-0.3, -0.25) is 14.0 Å². The number of benzene rings is 1. The summed E-state index contributed by atoms with van der Waals surface area (Å²) in [5.41, 5.74) is 6.92. The molecule has 0 aliphatic carbocycles. The highest BCUT2D eigenvalue weighted by atomic mass is 19.4. The number of nitrogens with one attached hydrogen (secondary N) is 2. The summed E-state index contributed by atoms with van der Waals surface area (Å²) in [7, 11) is 0. The molecule has 2 fully saturated rings. The lowest BCUT2D eigenvalue weighted by molar-refractivity contribution is -0.158. The third kappa shape index (κ3) is 5.57. The number of piperidine rings is 1. The second kappa shape index (κ2) is 10.8. The molecule has 43 heavy (non-hydrogen) atoms. The number of ether oxygens (including phenoxy) is 1. The van der Waals surface area contributed by atoms with Gasteiger partial charge in [0.2, 0.25) is 11.9 Å². The molecule has 1 atom stereocenters. The Morgan fingerprint density at radius 2 is 1.88 bits per heavy atom. The lowest BCUT2D eigenvalue weighted by Gasteiger charge is -2.39. The molecular weight excluding hydrogens is 565 g/mol. The molecule has 2 saturated heterocycles. The first-order chi connectivity index (χ1) is 20.5. The van der Waals surface area contributed by atoms with E-state index in [0.29, 0.717) is 42.5 Å². The van der Waals surface area contributed by atoms with Crippen LogP contribution in [0.2, 0.25) is 0 Å². The summed E-state index contributed by atoms with van der Waals surface area (Å²) in [5.74, 6) is 0.0834. The maximum absolute atomic E-state index is 13.0. The van der Waals surface area contributed by atoms with Gasteiger partial charge in [-0.05, 0) is 44.0 Å². The Bertz CT molecular complexity index is 1680. The highest BCUT2D eigenvalue weighted by molar-refractivity contribution is 6.04. The Morgan fingerprint density at radius 3 is 2.58 bits per heavy atom. The van der Waals surface area contributed by atoms with Crippen LogP contribution < -0.4 is 21.3 Å². The van der Waals surface area contributed by atoms with E-state index in [0.717, 1.165) is 37.7 Å². The van der Waals surface area contributed by atoms with Crippen LogP contribution >= 0.6 is 0 Å². The van der Waals surface area contributed by atoms with Gasteiger partial charge >= 0.3 is 6.18 Å². The lowest BCUT2D eigenvalue weighted by Crippen LogP contribution is -2.57. The van der Waals surface area contributed by atoms with E-state index < -0.39 is 23.1 Å². The first-order valence-corrected chi connectivity index (χ1v) is 13.7. The first-order valence-electron chi connectivity index (χ1n) is 13.7. The average Bonchev–Trinajstić information content (AvgIpc) is 3.37. The predicted octanol–water partition coefficient (Wildman–Crippen LogP) is 3.77.